The van der Waals surface area contributed by atoms with Crippen LogP contribution in [0.25, 0.3) is 0 Å². The van der Waals surface area contributed by atoms with Gasteiger partial charge in [-0.15, -0.1) is 0 Å². The van der Waals surface area contributed by atoms with E-state index in [0.29, 0.717) is 49.2 Å². The Balaban J connectivity index is 1.62. The van der Waals surface area contributed by atoms with E-state index >= 15 is 0 Å². The molecule has 0 spiro atoms. The number of nitrogens with zero attached hydrogens (tertiary/aromatic N) is 2. The molecule has 1 amide bonds. The second kappa shape index (κ2) is 12.8. The molecular weight excluding hydrogens is 490 g/mol. The third-order valence-corrected chi connectivity index (χ3v) is 7.21. The van der Waals surface area contributed by atoms with E-state index in [1.807, 2.05) is 29.2 Å². The predicted octanol–water partition coefficient (Wildman–Crippen LogP) is 2.56. The molecule has 3 atom stereocenters. The molecule has 3 N–H and O–H groups in total. The van der Waals surface area contributed by atoms with E-state index in [9.17, 15) is 14.7 Å². The monoisotopic (exact) mass is 527 g/mol. The molecular formula is C28H37N3O7. The quantitative estimate of drug-likeness (QED) is 0.404. The van der Waals surface area contributed by atoms with E-state index in [4.69, 9.17) is 24.7 Å². The van der Waals surface area contributed by atoms with Crippen LogP contribution in [-0.2, 0) is 9.59 Å². The first-order valence-corrected chi connectivity index (χ1v) is 13.1. The maximum absolute atomic E-state index is 13.4. The normalized spacial score (nSPS) is 20.3. The molecule has 10 nitrogen and oxygen atoms in total. The van der Waals surface area contributed by atoms with Gasteiger partial charge in [-0.1, -0.05) is 31.5 Å². The number of unbranched alkanes of at least 4 members (excludes halogenated alkanes) is 1. The first-order valence-electron chi connectivity index (χ1n) is 13.1. The van der Waals surface area contributed by atoms with E-state index in [1.54, 1.807) is 30.2 Å². The number of nitrogens with two attached hydrogens (primary N) is 1. The Morgan fingerprint density at radius 2 is 1.89 bits per heavy atom. The molecule has 1 saturated heterocycles. The summed E-state index contributed by atoms with van der Waals surface area (Å²) in [4.78, 5) is 29.8. The average molecular weight is 528 g/mol. The molecule has 0 radical (unpaired) electrons. The maximum atomic E-state index is 13.4. The molecule has 0 aliphatic carbocycles. The highest BCUT2D eigenvalue weighted by Crippen LogP contribution is 2.42. The number of benzene rings is 2. The molecule has 38 heavy (non-hydrogen) atoms. The van der Waals surface area contributed by atoms with Crippen LogP contribution < -0.4 is 24.7 Å². The molecule has 3 unspecified atom stereocenters. The van der Waals surface area contributed by atoms with E-state index < -0.39 is 17.9 Å². The number of carboxylic acid groups (broad SMARTS) is 1. The fourth-order valence-electron chi connectivity index (χ4n) is 5.23. The van der Waals surface area contributed by atoms with Gasteiger partial charge in [0.2, 0.25) is 12.7 Å². The Morgan fingerprint density at radius 1 is 1.13 bits per heavy atom. The van der Waals surface area contributed by atoms with Gasteiger partial charge in [0.05, 0.1) is 25.6 Å². The van der Waals surface area contributed by atoms with Crippen LogP contribution in [-0.4, -0.2) is 86.1 Å². The zero-order valence-corrected chi connectivity index (χ0v) is 22.0. The Hall–Kier alpha value is -3.50. The van der Waals surface area contributed by atoms with Crippen LogP contribution in [0.5, 0.6) is 23.0 Å². The molecule has 2 aromatic carbocycles. The molecule has 0 saturated carbocycles. The van der Waals surface area contributed by atoms with Crippen LogP contribution in [0, 0.1) is 5.92 Å². The summed E-state index contributed by atoms with van der Waals surface area (Å²) in [5.41, 5.74) is 6.60. The number of carbonyl (C=O) groups excluding carboxylic acids is 1. The SMILES string of the molecule is CCCCN(CCN)C(=O)CN1CC(c2ccc3c(c2)OCO3)C(C(=O)O)C1COc1ccccc1OC. The summed E-state index contributed by atoms with van der Waals surface area (Å²) in [6.45, 7) is 4.20. The average Bonchev–Trinajstić information content (AvgIpc) is 3.54. The highest BCUT2D eigenvalue weighted by molar-refractivity contribution is 5.79. The van der Waals surface area contributed by atoms with Gasteiger partial charge in [0, 0.05) is 32.1 Å². The zero-order valence-electron chi connectivity index (χ0n) is 22.0. The van der Waals surface area contributed by atoms with E-state index in [2.05, 4.69) is 6.92 Å². The number of methoxy groups -OCH3 is 1. The Bertz CT molecular complexity index is 1110. The number of ether oxygens (including phenoxy) is 4. The van der Waals surface area contributed by atoms with Crippen molar-refractivity contribution < 1.29 is 33.6 Å². The van der Waals surface area contributed by atoms with Crippen LogP contribution >= 0.6 is 0 Å². The lowest BCUT2D eigenvalue weighted by atomic mass is 9.85. The molecule has 4 rings (SSSR count). The van der Waals surface area contributed by atoms with Gasteiger partial charge < -0.3 is 34.7 Å². The Morgan fingerprint density at radius 3 is 2.61 bits per heavy atom. The molecule has 2 aliphatic heterocycles. The Kier molecular flexibility index (Phi) is 9.30. The molecule has 2 heterocycles. The number of carbonyl (C=O) groups is 2. The maximum Gasteiger partial charge on any atom is 0.308 e. The van der Waals surface area contributed by atoms with Gasteiger partial charge in [-0.05, 0) is 36.2 Å². The van der Waals surface area contributed by atoms with Gasteiger partial charge >= 0.3 is 5.97 Å². The van der Waals surface area contributed by atoms with Crippen LogP contribution in [0.2, 0.25) is 0 Å². The zero-order chi connectivity index (χ0) is 27.1. The lowest BCUT2D eigenvalue weighted by Gasteiger charge is -2.29. The minimum absolute atomic E-state index is 0.0679. The summed E-state index contributed by atoms with van der Waals surface area (Å²) in [5.74, 6) is 0.108. The van der Waals surface area contributed by atoms with Crippen LogP contribution in [0.4, 0.5) is 0 Å². The van der Waals surface area contributed by atoms with Gasteiger partial charge in [0.1, 0.15) is 6.61 Å². The number of amides is 1. The standard InChI is InChI=1S/C28H37N3O7/c1-3-4-12-30(13-11-29)26(32)16-31-15-20(19-9-10-24-25(14-19)38-18-37-24)27(28(33)34)21(31)17-36-23-8-6-5-7-22(23)35-2/h5-10,14,20-21,27H,3-4,11-13,15-18,29H2,1-2H3,(H,33,34). The minimum Gasteiger partial charge on any atom is -0.493 e. The molecule has 1 fully saturated rings. The van der Waals surface area contributed by atoms with Crippen molar-refractivity contribution in [2.75, 3.05) is 53.2 Å². The molecule has 206 valence electrons. The van der Waals surface area contributed by atoms with Crippen molar-refractivity contribution in [3.05, 3.63) is 48.0 Å². The summed E-state index contributed by atoms with van der Waals surface area (Å²) in [5, 5.41) is 10.4. The minimum atomic E-state index is -0.943. The fourth-order valence-corrected chi connectivity index (χ4v) is 5.23. The topological polar surface area (TPSA) is 124 Å². The lowest BCUT2D eigenvalue weighted by Crippen LogP contribution is -2.47. The summed E-state index contributed by atoms with van der Waals surface area (Å²) < 4.78 is 22.5. The number of likely N-dealkylation sites (tertiary alicyclic amines) is 1. The van der Waals surface area contributed by atoms with Crippen molar-refractivity contribution in [1.82, 2.24) is 9.80 Å². The number of aliphatic carboxylic acids is 1. The first-order chi connectivity index (χ1) is 18.5. The van der Waals surface area contributed by atoms with Crippen LogP contribution in [0.3, 0.4) is 0 Å². The van der Waals surface area contributed by atoms with Gasteiger partial charge in [-0.2, -0.15) is 0 Å². The summed E-state index contributed by atoms with van der Waals surface area (Å²) in [6, 6.07) is 12.2. The third kappa shape index (κ3) is 6.14. The number of rotatable bonds is 13. The van der Waals surface area contributed by atoms with Gasteiger partial charge in [0.15, 0.2) is 23.0 Å². The van der Waals surface area contributed by atoms with Gasteiger partial charge in [-0.25, -0.2) is 0 Å². The molecule has 10 heteroatoms. The van der Waals surface area contributed by atoms with Crippen molar-refractivity contribution in [1.29, 1.82) is 0 Å². The van der Waals surface area contributed by atoms with Crippen molar-refractivity contribution >= 4 is 11.9 Å². The number of fused-ring (bicyclic) bond motifs is 1. The number of carboxylic acids is 1. The number of hydrogen-bond donors (Lipinski definition) is 2. The van der Waals surface area contributed by atoms with Crippen molar-refractivity contribution in [2.45, 2.75) is 31.7 Å². The second-order valence-corrected chi connectivity index (χ2v) is 9.56. The van der Waals surface area contributed by atoms with Crippen molar-refractivity contribution in [3.63, 3.8) is 0 Å². The largest absolute Gasteiger partial charge is 0.493 e. The van der Waals surface area contributed by atoms with Crippen molar-refractivity contribution in [3.8, 4) is 23.0 Å². The van der Waals surface area contributed by atoms with E-state index in [-0.39, 0.29) is 31.8 Å². The smallest absolute Gasteiger partial charge is 0.308 e. The van der Waals surface area contributed by atoms with Gasteiger partial charge in [-0.3, -0.25) is 14.5 Å². The van der Waals surface area contributed by atoms with Crippen LogP contribution in [0.15, 0.2) is 42.5 Å². The highest BCUT2D eigenvalue weighted by Gasteiger charge is 2.48. The highest BCUT2D eigenvalue weighted by atomic mass is 16.7. The van der Waals surface area contributed by atoms with Crippen molar-refractivity contribution in [2.24, 2.45) is 11.7 Å². The molecule has 0 aromatic heterocycles. The van der Waals surface area contributed by atoms with E-state index in [0.717, 1.165) is 18.4 Å². The molecule has 0 bridgehead atoms. The lowest BCUT2D eigenvalue weighted by molar-refractivity contribution is -0.144. The second-order valence-electron chi connectivity index (χ2n) is 9.56. The molecule has 2 aromatic rings. The third-order valence-electron chi connectivity index (χ3n) is 7.21. The number of hydrogen-bond acceptors (Lipinski definition) is 8. The molecule has 2 aliphatic rings. The van der Waals surface area contributed by atoms with E-state index in [1.165, 1.54) is 0 Å². The fraction of sp³-hybridized carbons (Fsp3) is 0.500. The summed E-state index contributed by atoms with van der Waals surface area (Å²) in [6.07, 6.45) is 1.84. The first kappa shape index (κ1) is 27.5. The Labute approximate surface area is 223 Å². The van der Waals surface area contributed by atoms with Gasteiger partial charge in [0.25, 0.3) is 0 Å². The summed E-state index contributed by atoms with van der Waals surface area (Å²) >= 11 is 0. The predicted molar refractivity (Wildman–Crippen MR) is 141 cm³/mol. The summed E-state index contributed by atoms with van der Waals surface area (Å²) in [7, 11) is 1.56. The number of para-hydroxylation sites is 2. The van der Waals surface area contributed by atoms with Crippen LogP contribution in [0.1, 0.15) is 31.2 Å².